The van der Waals surface area contributed by atoms with Gasteiger partial charge in [0.05, 0.1) is 24.3 Å². The van der Waals surface area contributed by atoms with Crippen LogP contribution in [0.15, 0.2) is 41.3 Å². The monoisotopic (exact) mass is 589 g/mol. The highest BCUT2D eigenvalue weighted by atomic mass is 35.5. The predicted octanol–water partition coefficient (Wildman–Crippen LogP) is 7.53. The van der Waals surface area contributed by atoms with Crippen LogP contribution in [0.5, 0.6) is 5.75 Å². The molecule has 2 aromatic carbocycles. The molecule has 0 saturated carbocycles. The highest BCUT2D eigenvalue weighted by molar-refractivity contribution is 6.72. The molecule has 1 heterocycles. The number of esters is 1. The third kappa shape index (κ3) is 6.61. The van der Waals surface area contributed by atoms with Gasteiger partial charge >= 0.3 is 5.97 Å². The van der Waals surface area contributed by atoms with Crippen molar-refractivity contribution < 1.29 is 23.5 Å². The molecule has 1 aromatic heterocycles. The van der Waals surface area contributed by atoms with Gasteiger partial charge in [0.1, 0.15) is 17.1 Å². The summed E-state index contributed by atoms with van der Waals surface area (Å²) in [6, 6.07) is 8.17. The normalized spacial score (nSPS) is 13.1. The Morgan fingerprint density at radius 2 is 1.88 bits per heavy atom. The Kier molecular flexibility index (Phi) is 9.91. The number of carbonyl (C=O) groups excluding carboxylic acids is 1. The molecule has 6 nitrogen and oxygen atoms in total. The molecule has 0 radical (unpaired) electrons. The number of hydrogen-bond acceptors (Lipinski definition) is 5. The fourth-order valence-corrected chi connectivity index (χ4v) is 5.83. The van der Waals surface area contributed by atoms with E-state index < -0.39 is 25.5 Å². The highest BCUT2D eigenvalue weighted by Crippen LogP contribution is 2.43. The van der Waals surface area contributed by atoms with Crippen molar-refractivity contribution in [1.29, 1.82) is 0 Å². The second kappa shape index (κ2) is 12.5. The molecule has 1 N–H and O–H groups in total. The topological polar surface area (TPSA) is 77.8 Å². The lowest BCUT2D eigenvalue weighted by molar-refractivity contribution is 0.0523. The Labute approximate surface area is 242 Å². The molecule has 0 amide bonds. The van der Waals surface area contributed by atoms with Crippen molar-refractivity contribution in [1.82, 2.24) is 4.57 Å². The van der Waals surface area contributed by atoms with E-state index in [-0.39, 0.29) is 40.6 Å². The molecular weight excluding hydrogens is 549 g/mol. The average Bonchev–Trinajstić information content (AvgIpc) is 2.87. The average molecular weight is 590 g/mol. The molecule has 0 aliphatic rings. The van der Waals surface area contributed by atoms with Crippen LogP contribution in [0.4, 0.5) is 4.39 Å². The van der Waals surface area contributed by atoms with Crippen LogP contribution >= 0.6 is 11.6 Å². The molecule has 0 saturated heterocycles. The van der Waals surface area contributed by atoms with Crippen LogP contribution in [0.25, 0.3) is 10.9 Å². The fraction of sp³-hybridized carbons (Fsp3) is 0.484. The Morgan fingerprint density at radius 1 is 1.20 bits per heavy atom. The first kappa shape index (κ1) is 31.8. The predicted molar refractivity (Wildman–Crippen MR) is 162 cm³/mol. The lowest BCUT2D eigenvalue weighted by Gasteiger charge is -2.37. The number of methoxy groups -OCH3 is 1. The van der Waals surface area contributed by atoms with E-state index in [0.29, 0.717) is 27.8 Å². The van der Waals surface area contributed by atoms with Crippen molar-refractivity contribution in [3.63, 3.8) is 0 Å². The molecule has 3 rings (SSSR count). The summed E-state index contributed by atoms with van der Waals surface area (Å²) in [6.45, 7) is 14.1. The third-order valence-corrected chi connectivity index (χ3v) is 12.0. The zero-order valence-electron chi connectivity index (χ0n) is 24.7. The van der Waals surface area contributed by atoms with Gasteiger partial charge < -0.3 is 18.8 Å². The number of halogens is 2. The van der Waals surface area contributed by atoms with E-state index in [9.17, 15) is 18.8 Å². The molecule has 0 aliphatic heterocycles. The molecule has 218 valence electrons. The molecule has 3 aromatic rings. The Bertz CT molecular complexity index is 1440. The van der Waals surface area contributed by atoms with E-state index in [1.807, 2.05) is 17.7 Å². The molecule has 0 unspecified atom stereocenters. The number of nitrogens with zero attached hydrogens (tertiary/aromatic N) is 1. The van der Waals surface area contributed by atoms with Crippen LogP contribution in [0, 0.1) is 11.7 Å². The number of fused-ring (bicyclic) bond motifs is 1. The minimum Gasteiger partial charge on any atom is -0.496 e. The largest absolute Gasteiger partial charge is 0.496 e. The summed E-state index contributed by atoms with van der Waals surface area (Å²) in [5.74, 6) is -0.572. The minimum absolute atomic E-state index is 0.0148. The molecule has 9 heteroatoms. The van der Waals surface area contributed by atoms with Gasteiger partial charge in [0.15, 0.2) is 8.32 Å². The number of ether oxygens (including phenoxy) is 2. The molecule has 0 aliphatic carbocycles. The number of benzene rings is 2. The van der Waals surface area contributed by atoms with Crippen molar-refractivity contribution in [3.8, 4) is 5.75 Å². The maximum atomic E-state index is 14.8. The quantitative estimate of drug-likeness (QED) is 0.185. The summed E-state index contributed by atoms with van der Waals surface area (Å²) >= 11 is 6.01. The van der Waals surface area contributed by atoms with Crippen LogP contribution in [-0.4, -0.2) is 37.4 Å². The van der Waals surface area contributed by atoms with Gasteiger partial charge in [-0.25, -0.2) is 9.18 Å². The summed E-state index contributed by atoms with van der Waals surface area (Å²) in [6.07, 6.45) is 3.22. The Balaban J connectivity index is 2.27. The van der Waals surface area contributed by atoms with Crippen molar-refractivity contribution in [2.45, 2.75) is 78.1 Å². The van der Waals surface area contributed by atoms with E-state index in [2.05, 4.69) is 27.7 Å². The van der Waals surface area contributed by atoms with Gasteiger partial charge in [-0.15, -0.1) is 0 Å². The van der Waals surface area contributed by atoms with Crippen molar-refractivity contribution in [2.24, 2.45) is 5.92 Å². The van der Waals surface area contributed by atoms with E-state index in [0.717, 1.165) is 12.8 Å². The van der Waals surface area contributed by atoms with Gasteiger partial charge in [0.2, 0.25) is 5.43 Å². The number of aromatic nitrogens is 1. The summed E-state index contributed by atoms with van der Waals surface area (Å²) < 4.78 is 27.7. The first-order chi connectivity index (χ1) is 18.6. The maximum absolute atomic E-state index is 14.8. The van der Waals surface area contributed by atoms with Gasteiger partial charge in [0.25, 0.3) is 0 Å². The smallest absolute Gasteiger partial charge is 0.343 e. The molecule has 0 bridgehead atoms. The number of pyridine rings is 1. The number of carbonyl (C=O) groups is 1. The molecule has 0 fully saturated rings. The molecule has 0 spiro atoms. The molecule has 40 heavy (non-hydrogen) atoms. The van der Waals surface area contributed by atoms with E-state index >= 15 is 0 Å². The Hall–Kier alpha value is -2.68. The maximum Gasteiger partial charge on any atom is 0.343 e. The van der Waals surface area contributed by atoms with Gasteiger partial charge in [0, 0.05) is 30.1 Å². The standard InChI is InChI=1S/C31H41ClFNO5Si/c1-9-39-30(36)23-18-34(25(19(2)3)13-14-31(4,5)40(7,8)37)26-17-27(38-6)21(16-22(26)29(23)35)15-20-11-10-12-24(32)28(20)33/h10-12,16-19,25,37H,9,13-15H2,1-8H3/t25-/m1/s1. The summed E-state index contributed by atoms with van der Waals surface area (Å²) in [5, 5.41) is 0.0942. The van der Waals surface area contributed by atoms with Crippen LogP contribution in [0.3, 0.4) is 0 Å². The van der Waals surface area contributed by atoms with Crippen LogP contribution < -0.4 is 10.2 Å². The second-order valence-corrected chi connectivity index (χ2v) is 16.7. The number of hydrogen-bond donors (Lipinski definition) is 1. The van der Waals surface area contributed by atoms with Gasteiger partial charge in [-0.3, -0.25) is 4.79 Å². The van der Waals surface area contributed by atoms with Crippen molar-refractivity contribution >= 4 is 36.8 Å². The molecule has 1 atom stereocenters. The summed E-state index contributed by atoms with van der Waals surface area (Å²) in [5.41, 5.74) is 1.07. The van der Waals surface area contributed by atoms with Crippen LogP contribution in [-0.2, 0) is 11.2 Å². The first-order valence-electron chi connectivity index (χ1n) is 13.7. The minimum atomic E-state index is -2.45. The summed E-state index contributed by atoms with van der Waals surface area (Å²) in [7, 11) is -0.918. The zero-order chi connectivity index (χ0) is 30.0. The second-order valence-electron chi connectivity index (χ2n) is 11.9. The third-order valence-electron chi connectivity index (χ3n) is 8.19. The molecular formula is C31H41ClFNO5Si. The van der Waals surface area contributed by atoms with Crippen LogP contribution in [0.1, 0.15) is 75.0 Å². The SMILES string of the molecule is CCOC(=O)c1cn([C@H](CCC(C)(C)[Si](C)(C)O)C(C)C)c2cc(OC)c(Cc3cccc(Cl)c3F)cc2c1=O. The van der Waals surface area contributed by atoms with Crippen LogP contribution in [0.2, 0.25) is 23.2 Å². The van der Waals surface area contributed by atoms with Crippen molar-refractivity contribution in [3.05, 3.63) is 74.3 Å². The highest BCUT2D eigenvalue weighted by Gasteiger charge is 2.38. The Morgan fingerprint density at radius 3 is 2.45 bits per heavy atom. The number of rotatable bonds is 11. The fourth-order valence-electron chi connectivity index (χ4n) is 4.88. The van der Waals surface area contributed by atoms with E-state index in [1.54, 1.807) is 37.4 Å². The first-order valence-corrected chi connectivity index (χ1v) is 17.0. The van der Waals surface area contributed by atoms with E-state index in [1.165, 1.54) is 13.2 Å². The van der Waals surface area contributed by atoms with Crippen molar-refractivity contribution in [2.75, 3.05) is 13.7 Å². The summed E-state index contributed by atoms with van der Waals surface area (Å²) in [4.78, 5) is 37.5. The van der Waals surface area contributed by atoms with E-state index in [4.69, 9.17) is 21.1 Å². The van der Waals surface area contributed by atoms with Gasteiger partial charge in [-0.2, -0.15) is 0 Å². The van der Waals surface area contributed by atoms with Gasteiger partial charge in [-0.05, 0) is 67.1 Å². The zero-order valence-corrected chi connectivity index (χ0v) is 26.5. The lowest BCUT2D eigenvalue weighted by Crippen LogP contribution is -2.39. The lowest BCUT2D eigenvalue weighted by atomic mass is 9.93. The van der Waals surface area contributed by atoms with Gasteiger partial charge in [-0.1, -0.05) is 51.4 Å².